The fraction of sp³-hybridized carbons (Fsp3) is 0.571. The van der Waals surface area contributed by atoms with Crippen LogP contribution in [-0.4, -0.2) is 18.6 Å². The Morgan fingerprint density at radius 2 is 2.08 bits per heavy atom. The van der Waals surface area contributed by atoms with Gasteiger partial charge in [0.1, 0.15) is 5.91 Å². The van der Waals surface area contributed by atoms with Gasteiger partial charge in [-0.05, 0) is 6.26 Å². The van der Waals surface area contributed by atoms with Crippen LogP contribution < -0.4 is 5.32 Å². The predicted molar refractivity (Wildman–Crippen MR) is 45.8 cm³/mol. The molecule has 0 atom stereocenters. The fourth-order valence-corrected chi connectivity index (χ4v) is 1.43. The molecule has 0 aliphatic heterocycles. The molecule has 0 heterocycles. The van der Waals surface area contributed by atoms with E-state index in [0.717, 1.165) is 0 Å². The van der Waals surface area contributed by atoms with Crippen LogP contribution in [0, 0.1) is 11.2 Å². The largest absolute Gasteiger partial charge is 0.324 e. The van der Waals surface area contributed by atoms with Crippen LogP contribution in [0.15, 0.2) is 0 Å². The molecule has 0 aliphatic carbocycles. The average molecular weight is 263 g/mol. The molecular weight excluding hydrogens is 251 g/mol. The van der Waals surface area contributed by atoms with Gasteiger partial charge in [0.05, 0.1) is 0 Å². The molecule has 12 heavy (non-hydrogen) atoms. The Balaban J connectivity index is 0. The molecule has 0 aromatic heterocycles. The van der Waals surface area contributed by atoms with Crippen molar-refractivity contribution in [2.75, 3.05) is 6.26 Å². The quantitative estimate of drug-likeness (QED) is 0.603. The summed E-state index contributed by atoms with van der Waals surface area (Å²) in [7, 11) is 0. The standard InChI is InChI=1S/C7H12NO2S.Y/c1-5(2)6(11-3)7(10)8-4-9;/h4-5H,1-3H3,(H,8,9,10);/q-1;. The molecule has 0 saturated carbocycles. The Kier molecular flexibility index (Phi) is 10.1. The van der Waals surface area contributed by atoms with Gasteiger partial charge in [-0.2, -0.15) is 0 Å². The fourth-order valence-electron chi connectivity index (χ4n) is 0.715. The first-order valence-electron chi connectivity index (χ1n) is 3.28. The smallest absolute Gasteiger partial charge is 0.211 e. The van der Waals surface area contributed by atoms with Crippen molar-refractivity contribution >= 4 is 24.1 Å². The normalized spacial score (nSPS) is 8.67. The van der Waals surface area contributed by atoms with Crippen molar-refractivity contribution in [3.8, 4) is 0 Å². The Morgan fingerprint density at radius 1 is 1.58 bits per heavy atom. The minimum Gasteiger partial charge on any atom is -0.324 e. The van der Waals surface area contributed by atoms with E-state index in [9.17, 15) is 9.59 Å². The molecule has 0 aromatic rings. The van der Waals surface area contributed by atoms with Gasteiger partial charge in [-0.25, -0.2) is 5.25 Å². The molecule has 67 valence electrons. The van der Waals surface area contributed by atoms with E-state index in [-0.39, 0.29) is 44.5 Å². The van der Waals surface area contributed by atoms with Gasteiger partial charge in [0.25, 0.3) is 0 Å². The van der Waals surface area contributed by atoms with Crippen LogP contribution in [0.1, 0.15) is 13.8 Å². The van der Waals surface area contributed by atoms with Crippen LogP contribution >= 0.6 is 11.8 Å². The van der Waals surface area contributed by atoms with Gasteiger partial charge in [-0.3, -0.25) is 4.79 Å². The minimum absolute atomic E-state index is 0. The summed E-state index contributed by atoms with van der Waals surface area (Å²) in [6, 6.07) is 0. The number of hydrogen-bond acceptors (Lipinski definition) is 3. The van der Waals surface area contributed by atoms with Crippen molar-refractivity contribution in [1.82, 2.24) is 5.32 Å². The van der Waals surface area contributed by atoms with E-state index in [4.69, 9.17) is 0 Å². The molecule has 2 amide bonds. The number of carbonyl (C=O) groups is 2. The number of amides is 2. The van der Waals surface area contributed by atoms with Gasteiger partial charge in [0.2, 0.25) is 6.41 Å². The van der Waals surface area contributed by atoms with Crippen molar-refractivity contribution in [2.24, 2.45) is 5.92 Å². The summed E-state index contributed by atoms with van der Waals surface area (Å²) in [5, 5.41) is 2.78. The van der Waals surface area contributed by atoms with Crippen molar-refractivity contribution in [3.05, 3.63) is 5.25 Å². The molecule has 0 bridgehead atoms. The van der Waals surface area contributed by atoms with E-state index < -0.39 is 0 Å². The van der Waals surface area contributed by atoms with Crippen LogP contribution in [0.4, 0.5) is 0 Å². The first-order valence-corrected chi connectivity index (χ1v) is 4.51. The van der Waals surface area contributed by atoms with E-state index in [2.05, 4.69) is 5.32 Å². The Labute approximate surface area is 102 Å². The molecule has 0 spiro atoms. The predicted octanol–water partition coefficient (Wildman–Crippen LogP) is 0.807. The second kappa shape index (κ2) is 8.08. The van der Waals surface area contributed by atoms with Crippen LogP contribution in [0.2, 0.25) is 0 Å². The van der Waals surface area contributed by atoms with Crippen molar-refractivity contribution < 1.29 is 42.3 Å². The van der Waals surface area contributed by atoms with E-state index >= 15 is 0 Å². The van der Waals surface area contributed by atoms with Crippen LogP contribution in [-0.2, 0) is 42.3 Å². The van der Waals surface area contributed by atoms with Gasteiger partial charge >= 0.3 is 0 Å². The average Bonchev–Trinajstić information content (AvgIpc) is 1.88. The maximum atomic E-state index is 11.0. The number of rotatable bonds is 4. The van der Waals surface area contributed by atoms with Crippen molar-refractivity contribution in [3.63, 3.8) is 0 Å². The van der Waals surface area contributed by atoms with Crippen molar-refractivity contribution in [2.45, 2.75) is 13.8 Å². The summed E-state index contributed by atoms with van der Waals surface area (Å²) in [5.74, 6) is -0.118. The third-order valence-electron chi connectivity index (χ3n) is 1.16. The molecule has 1 radical (unpaired) electrons. The molecule has 0 fully saturated rings. The zero-order chi connectivity index (χ0) is 8.85. The first-order chi connectivity index (χ1) is 5.13. The van der Waals surface area contributed by atoms with Crippen LogP contribution in [0.3, 0.4) is 0 Å². The second-order valence-electron chi connectivity index (χ2n) is 2.31. The number of imide groups is 1. The van der Waals surface area contributed by atoms with E-state index in [0.29, 0.717) is 11.7 Å². The molecule has 3 nitrogen and oxygen atoms in total. The molecule has 0 aliphatic rings. The van der Waals surface area contributed by atoms with E-state index in [1.165, 1.54) is 11.8 Å². The number of thioether (sulfide) groups is 1. The van der Waals surface area contributed by atoms with Crippen molar-refractivity contribution in [1.29, 1.82) is 0 Å². The Hall–Kier alpha value is 0.464. The monoisotopic (exact) mass is 263 g/mol. The second-order valence-corrected chi connectivity index (χ2v) is 3.16. The number of carbonyl (C=O) groups excluding carboxylic acids is 2. The summed E-state index contributed by atoms with van der Waals surface area (Å²) >= 11 is 1.37. The van der Waals surface area contributed by atoms with Gasteiger partial charge in [0, 0.05) is 32.7 Å². The molecule has 0 saturated heterocycles. The molecule has 5 heteroatoms. The Morgan fingerprint density at radius 3 is 2.33 bits per heavy atom. The summed E-state index contributed by atoms with van der Waals surface area (Å²) in [6.07, 6.45) is 2.22. The minimum atomic E-state index is -0.289. The maximum absolute atomic E-state index is 11.0. The molecule has 1 N–H and O–H groups in total. The molecular formula is C7H12NO2SY-. The summed E-state index contributed by atoms with van der Waals surface area (Å²) in [6.45, 7) is 3.83. The molecule has 0 aromatic carbocycles. The summed E-state index contributed by atoms with van der Waals surface area (Å²) in [4.78, 5) is 20.9. The third-order valence-corrected chi connectivity index (χ3v) is 2.25. The van der Waals surface area contributed by atoms with Crippen LogP contribution in [0.25, 0.3) is 0 Å². The maximum Gasteiger partial charge on any atom is 0.211 e. The third kappa shape index (κ3) is 5.17. The molecule has 0 rings (SSSR count). The van der Waals surface area contributed by atoms with E-state index in [1.807, 2.05) is 20.1 Å². The summed E-state index contributed by atoms with van der Waals surface area (Å²) < 4.78 is 0. The van der Waals surface area contributed by atoms with Gasteiger partial charge in [-0.15, -0.1) is 5.92 Å². The number of hydrogen-bond donors (Lipinski definition) is 1. The van der Waals surface area contributed by atoms with Gasteiger partial charge < -0.3 is 21.9 Å². The molecule has 0 unspecified atom stereocenters. The number of nitrogens with one attached hydrogen (secondary N) is 1. The zero-order valence-corrected chi connectivity index (χ0v) is 11.1. The van der Waals surface area contributed by atoms with Gasteiger partial charge in [0.15, 0.2) is 0 Å². The topological polar surface area (TPSA) is 46.2 Å². The van der Waals surface area contributed by atoms with Crippen LogP contribution in [0.5, 0.6) is 0 Å². The Bertz CT molecular complexity index is 152. The van der Waals surface area contributed by atoms with Gasteiger partial charge in [-0.1, -0.05) is 13.8 Å². The summed E-state index contributed by atoms with van der Waals surface area (Å²) in [5.41, 5.74) is 0. The first kappa shape index (κ1) is 15.0. The van der Waals surface area contributed by atoms with E-state index in [1.54, 1.807) is 0 Å². The SMILES string of the molecule is CS[C-](C(=O)NC=O)C(C)C.[Y]. The zero-order valence-electron chi connectivity index (χ0n) is 7.46.